The first-order chi connectivity index (χ1) is 15.4. The van der Waals surface area contributed by atoms with Crippen LogP contribution in [0.5, 0.6) is 0 Å². The average Bonchev–Trinajstić information content (AvgIpc) is 3.16. The van der Waals surface area contributed by atoms with Crippen LogP contribution in [0.15, 0.2) is 23.1 Å². The molecule has 1 aromatic carbocycles. The van der Waals surface area contributed by atoms with E-state index in [-0.39, 0.29) is 10.8 Å². The van der Waals surface area contributed by atoms with Crippen LogP contribution >= 0.6 is 11.3 Å². The van der Waals surface area contributed by atoms with E-state index >= 15 is 0 Å². The second-order valence-corrected chi connectivity index (χ2v) is 11.3. The average molecular weight is 482 g/mol. The molecule has 0 radical (unpaired) electrons. The van der Waals surface area contributed by atoms with Crippen molar-refractivity contribution >= 4 is 42.6 Å². The van der Waals surface area contributed by atoms with E-state index in [0.29, 0.717) is 30.2 Å². The minimum Gasteiger partial charge on any atom is -0.302 e. The van der Waals surface area contributed by atoms with Crippen LogP contribution in [0.3, 0.4) is 0 Å². The van der Waals surface area contributed by atoms with Crippen LogP contribution in [0.25, 0.3) is 10.2 Å². The van der Waals surface area contributed by atoms with Gasteiger partial charge >= 0.3 is 0 Å². The largest absolute Gasteiger partial charge is 0.302 e. The molecule has 1 heterocycles. The van der Waals surface area contributed by atoms with Crippen LogP contribution in [0.1, 0.15) is 91.4 Å². The van der Waals surface area contributed by atoms with Gasteiger partial charge in [-0.25, -0.2) is 13.4 Å². The summed E-state index contributed by atoms with van der Waals surface area (Å²) in [6.07, 6.45) is 11.6. The number of carbonyl (C=O) groups excluding carboxylic acids is 1. The lowest BCUT2D eigenvalue weighted by atomic mass is 10.1. The number of rotatable bonds is 16. The smallest absolute Gasteiger partial charge is 0.243 e. The summed E-state index contributed by atoms with van der Waals surface area (Å²) >= 11 is 1.32. The Kier molecular flexibility index (Phi) is 11.6. The zero-order chi connectivity index (χ0) is 23.4. The van der Waals surface area contributed by atoms with E-state index in [9.17, 15) is 13.2 Å². The van der Waals surface area contributed by atoms with Gasteiger partial charge in [0.2, 0.25) is 15.9 Å². The lowest BCUT2D eigenvalue weighted by molar-refractivity contribution is -0.116. The topological polar surface area (TPSA) is 79.4 Å². The SMILES string of the molecule is CCCCCCCCCCC(=O)Nc1nc2ccc(S(=O)(=O)N(CCC)CCC)cc2s1. The Labute approximate surface area is 197 Å². The highest BCUT2D eigenvalue weighted by Gasteiger charge is 2.23. The maximum Gasteiger partial charge on any atom is 0.243 e. The van der Waals surface area contributed by atoms with Crippen LogP contribution < -0.4 is 5.32 Å². The molecule has 0 fully saturated rings. The minimum absolute atomic E-state index is 0.0278. The summed E-state index contributed by atoms with van der Waals surface area (Å²) in [5.74, 6) is -0.0278. The van der Waals surface area contributed by atoms with Crippen molar-refractivity contribution in [3.63, 3.8) is 0 Å². The van der Waals surface area contributed by atoms with Crippen LogP contribution in [0, 0.1) is 0 Å². The summed E-state index contributed by atoms with van der Waals surface area (Å²) in [5, 5.41) is 3.41. The predicted molar refractivity (Wildman–Crippen MR) is 135 cm³/mol. The van der Waals surface area contributed by atoms with E-state index in [1.165, 1.54) is 49.9 Å². The molecule has 6 nitrogen and oxygen atoms in total. The number of nitrogens with zero attached hydrogens (tertiary/aromatic N) is 2. The highest BCUT2D eigenvalue weighted by molar-refractivity contribution is 7.89. The number of carbonyl (C=O) groups is 1. The van der Waals surface area contributed by atoms with Gasteiger partial charge in [-0.15, -0.1) is 0 Å². The lowest BCUT2D eigenvalue weighted by Crippen LogP contribution is -2.32. The van der Waals surface area contributed by atoms with Crippen LogP contribution in [-0.4, -0.2) is 36.7 Å². The quantitative estimate of drug-likeness (QED) is 0.275. The molecule has 8 heteroatoms. The molecule has 0 spiro atoms. The number of hydrogen-bond acceptors (Lipinski definition) is 5. The Bertz CT molecular complexity index is 935. The molecule has 0 atom stereocenters. The lowest BCUT2D eigenvalue weighted by Gasteiger charge is -2.20. The summed E-state index contributed by atoms with van der Waals surface area (Å²) in [4.78, 5) is 17.0. The van der Waals surface area contributed by atoms with Crippen molar-refractivity contribution in [1.82, 2.24) is 9.29 Å². The molecule has 2 aromatic rings. The van der Waals surface area contributed by atoms with Gasteiger partial charge in [-0.05, 0) is 37.5 Å². The molecule has 0 saturated carbocycles. The van der Waals surface area contributed by atoms with Crippen molar-refractivity contribution in [3.8, 4) is 0 Å². The van der Waals surface area contributed by atoms with E-state index < -0.39 is 10.0 Å². The monoisotopic (exact) mass is 481 g/mol. The molecular formula is C24H39N3O3S2. The zero-order valence-electron chi connectivity index (χ0n) is 19.9. The second kappa shape index (κ2) is 13.9. The van der Waals surface area contributed by atoms with Crippen molar-refractivity contribution in [2.24, 2.45) is 0 Å². The Morgan fingerprint density at radius 1 is 0.938 bits per heavy atom. The number of aromatic nitrogens is 1. The van der Waals surface area contributed by atoms with Gasteiger partial charge < -0.3 is 5.32 Å². The number of sulfonamides is 1. The first-order valence-corrected chi connectivity index (χ1v) is 14.4. The fourth-order valence-corrected chi connectivity index (χ4v) is 6.37. The highest BCUT2D eigenvalue weighted by Crippen LogP contribution is 2.29. The van der Waals surface area contributed by atoms with E-state index in [1.54, 1.807) is 22.5 Å². The Hall–Kier alpha value is -1.51. The third kappa shape index (κ3) is 8.12. The van der Waals surface area contributed by atoms with Crippen molar-refractivity contribution in [2.45, 2.75) is 96.3 Å². The van der Waals surface area contributed by atoms with E-state index in [2.05, 4.69) is 17.2 Å². The molecule has 1 amide bonds. The number of amides is 1. The second-order valence-electron chi connectivity index (χ2n) is 8.33. The first-order valence-electron chi connectivity index (χ1n) is 12.1. The van der Waals surface area contributed by atoms with Gasteiger partial charge in [0.05, 0.1) is 15.1 Å². The molecule has 0 aliphatic heterocycles. The molecule has 2 rings (SSSR count). The van der Waals surface area contributed by atoms with Gasteiger partial charge in [0, 0.05) is 19.5 Å². The van der Waals surface area contributed by atoms with Gasteiger partial charge in [0.25, 0.3) is 0 Å². The Morgan fingerprint density at radius 2 is 1.56 bits per heavy atom. The van der Waals surface area contributed by atoms with Crippen molar-refractivity contribution < 1.29 is 13.2 Å². The van der Waals surface area contributed by atoms with E-state index in [4.69, 9.17) is 0 Å². The van der Waals surface area contributed by atoms with Crippen LogP contribution in [0.4, 0.5) is 5.13 Å². The fourth-order valence-electron chi connectivity index (χ4n) is 3.72. The molecule has 180 valence electrons. The summed E-state index contributed by atoms with van der Waals surface area (Å²) in [7, 11) is -3.53. The third-order valence-corrected chi connectivity index (χ3v) is 8.28. The fraction of sp³-hybridized carbons (Fsp3) is 0.667. The van der Waals surface area contributed by atoms with Crippen molar-refractivity contribution in [2.75, 3.05) is 18.4 Å². The first kappa shape index (κ1) is 26.7. The zero-order valence-corrected chi connectivity index (χ0v) is 21.5. The molecule has 0 unspecified atom stereocenters. The molecule has 32 heavy (non-hydrogen) atoms. The van der Waals surface area contributed by atoms with Gasteiger partial charge in [-0.2, -0.15) is 4.31 Å². The number of benzene rings is 1. The van der Waals surface area contributed by atoms with Gasteiger partial charge in [0.1, 0.15) is 0 Å². The van der Waals surface area contributed by atoms with Gasteiger partial charge in [0.15, 0.2) is 5.13 Å². The molecular weight excluding hydrogens is 442 g/mol. The third-order valence-electron chi connectivity index (χ3n) is 5.45. The molecule has 1 N–H and O–H groups in total. The van der Waals surface area contributed by atoms with E-state index in [0.717, 1.165) is 30.4 Å². The summed E-state index contributed by atoms with van der Waals surface area (Å²) in [6, 6.07) is 5.01. The van der Waals surface area contributed by atoms with Crippen LogP contribution in [-0.2, 0) is 14.8 Å². The van der Waals surface area contributed by atoms with Gasteiger partial charge in [-0.3, -0.25) is 4.79 Å². The molecule has 0 saturated heterocycles. The van der Waals surface area contributed by atoms with E-state index in [1.807, 2.05) is 13.8 Å². The Balaban J connectivity index is 1.91. The van der Waals surface area contributed by atoms with Gasteiger partial charge in [-0.1, -0.05) is 77.1 Å². The maximum atomic E-state index is 13.0. The summed E-state index contributed by atoms with van der Waals surface area (Å²) < 4.78 is 28.4. The normalized spacial score (nSPS) is 12.0. The summed E-state index contributed by atoms with van der Waals surface area (Å²) in [6.45, 7) is 7.20. The minimum atomic E-state index is -3.53. The molecule has 0 aliphatic rings. The number of anilines is 1. The predicted octanol–water partition coefficient (Wildman–Crippen LogP) is 6.58. The standard InChI is InChI=1S/C24H39N3O3S2/c1-4-7-8-9-10-11-12-13-14-23(28)26-24-25-21-16-15-20(19-22(21)31-24)32(29,30)27(17-5-2)18-6-3/h15-16,19H,4-14,17-18H2,1-3H3,(H,25,26,28). The number of fused-ring (bicyclic) bond motifs is 1. The van der Waals surface area contributed by atoms with Crippen molar-refractivity contribution in [3.05, 3.63) is 18.2 Å². The number of unbranched alkanes of at least 4 members (excludes halogenated alkanes) is 7. The maximum absolute atomic E-state index is 13.0. The highest BCUT2D eigenvalue weighted by atomic mass is 32.2. The molecule has 0 bridgehead atoms. The number of thiazole rings is 1. The molecule has 0 aliphatic carbocycles. The Morgan fingerprint density at radius 3 is 2.19 bits per heavy atom. The van der Waals surface area contributed by atoms with Crippen molar-refractivity contribution in [1.29, 1.82) is 0 Å². The van der Waals surface area contributed by atoms with Crippen LogP contribution in [0.2, 0.25) is 0 Å². The summed E-state index contributed by atoms with van der Waals surface area (Å²) in [5.41, 5.74) is 0.703. The molecule has 1 aromatic heterocycles. The number of nitrogens with one attached hydrogen (secondary N) is 1. The number of hydrogen-bond donors (Lipinski definition) is 1.